The molecule has 0 bridgehead atoms. The van der Waals surface area contributed by atoms with Crippen LogP contribution in [0.1, 0.15) is 56.0 Å². The molecule has 0 aliphatic heterocycles. The second kappa shape index (κ2) is 10.5. The maximum absolute atomic E-state index is 11.4. The average molecular weight is 312 g/mol. The molecule has 0 atom stereocenters. The van der Waals surface area contributed by atoms with Crippen LogP contribution in [-0.4, -0.2) is 33.9 Å². The highest BCUT2D eigenvalue weighted by Gasteiger charge is 2.15. The van der Waals surface area contributed by atoms with Gasteiger partial charge in [0, 0.05) is 5.56 Å². The molecule has 124 valence electrons. The monoisotopic (exact) mass is 312 g/mol. The number of phenolic OH excluding ortho intramolecular Hbond substituents is 1. The molecule has 22 heavy (non-hydrogen) atoms. The van der Waals surface area contributed by atoms with Crippen molar-refractivity contribution in [2.45, 2.75) is 46.5 Å². The zero-order valence-electron chi connectivity index (χ0n) is 13.3. The number of benzene rings is 1. The van der Waals surface area contributed by atoms with Gasteiger partial charge in [0.1, 0.15) is 11.5 Å². The quantitative estimate of drug-likeness (QED) is 0.520. The van der Waals surface area contributed by atoms with Crippen LogP contribution >= 0.6 is 0 Å². The number of hydrogen-bond acceptors (Lipinski definition) is 4. The lowest BCUT2D eigenvalue weighted by Crippen LogP contribution is -2.03. The maximum Gasteiger partial charge on any atom is 0.503 e. The van der Waals surface area contributed by atoms with E-state index >= 15 is 0 Å². The Morgan fingerprint density at radius 1 is 1.14 bits per heavy atom. The first kappa shape index (κ1) is 19.8. The van der Waals surface area contributed by atoms with Gasteiger partial charge in [-0.05, 0) is 31.9 Å². The number of unbranched alkanes of at least 4 members (excludes halogenated alkanes) is 1. The van der Waals surface area contributed by atoms with Crippen LogP contribution in [0.5, 0.6) is 11.5 Å². The first-order chi connectivity index (χ1) is 10.3. The number of ketones is 1. The zero-order valence-corrected chi connectivity index (χ0v) is 13.3. The summed E-state index contributed by atoms with van der Waals surface area (Å²) >= 11 is 0. The molecule has 1 aromatic carbocycles. The molecule has 1 aromatic rings. The number of rotatable bonds is 7. The minimum atomic E-state index is -1.83. The Morgan fingerprint density at radius 2 is 1.73 bits per heavy atom. The van der Waals surface area contributed by atoms with Crippen LogP contribution in [0.4, 0.5) is 4.79 Å². The summed E-state index contributed by atoms with van der Waals surface area (Å²) in [7, 11) is 0. The Bertz CT molecular complexity index is 492. The Morgan fingerprint density at radius 3 is 2.18 bits per heavy atom. The molecule has 0 saturated carbocycles. The van der Waals surface area contributed by atoms with Crippen molar-refractivity contribution in [3.8, 4) is 11.5 Å². The normalized spacial score (nSPS) is 9.59. The summed E-state index contributed by atoms with van der Waals surface area (Å²) in [4.78, 5) is 19.9. The predicted molar refractivity (Wildman–Crippen MR) is 83.2 cm³/mol. The number of aromatic hydroxyl groups is 1. The summed E-state index contributed by atoms with van der Waals surface area (Å²) in [5, 5.41) is 24.1. The van der Waals surface area contributed by atoms with Crippen LogP contribution in [-0.2, 0) is 6.42 Å². The Balaban J connectivity index is 0.000000980. The van der Waals surface area contributed by atoms with Crippen LogP contribution < -0.4 is 4.74 Å². The van der Waals surface area contributed by atoms with Gasteiger partial charge in [-0.15, -0.1) is 0 Å². The lowest BCUT2D eigenvalue weighted by Gasteiger charge is -2.14. The third-order valence-electron chi connectivity index (χ3n) is 2.87. The lowest BCUT2D eigenvalue weighted by atomic mass is 10.0. The summed E-state index contributed by atoms with van der Waals surface area (Å²) in [6, 6.07) is 3.43. The molecular formula is C16H24O6. The lowest BCUT2D eigenvalue weighted by molar-refractivity contribution is 0.101. The van der Waals surface area contributed by atoms with Crippen LogP contribution in [0, 0.1) is 0 Å². The van der Waals surface area contributed by atoms with Crippen molar-refractivity contribution in [2.24, 2.45) is 0 Å². The van der Waals surface area contributed by atoms with E-state index in [4.69, 9.17) is 19.7 Å². The van der Waals surface area contributed by atoms with E-state index < -0.39 is 6.16 Å². The van der Waals surface area contributed by atoms with Crippen molar-refractivity contribution in [3.05, 3.63) is 23.3 Å². The van der Waals surface area contributed by atoms with Crippen molar-refractivity contribution in [1.29, 1.82) is 0 Å². The molecule has 0 aromatic heterocycles. The molecule has 0 saturated heterocycles. The molecule has 0 unspecified atom stereocenters. The summed E-state index contributed by atoms with van der Waals surface area (Å²) < 4.78 is 5.67. The second-order valence-corrected chi connectivity index (χ2v) is 4.73. The van der Waals surface area contributed by atoms with Gasteiger partial charge in [-0.1, -0.05) is 26.7 Å². The fourth-order valence-electron chi connectivity index (χ4n) is 1.86. The van der Waals surface area contributed by atoms with Gasteiger partial charge < -0.3 is 20.1 Å². The van der Waals surface area contributed by atoms with Gasteiger partial charge in [0.05, 0.1) is 12.2 Å². The SMILES string of the molecule is CCCCOc1ccc(C(C)=O)c(O)c1CCC.O=C(O)O. The molecule has 0 radical (unpaired) electrons. The molecule has 0 aliphatic carbocycles. The molecule has 0 heterocycles. The highest BCUT2D eigenvalue weighted by Crippen LogP contribution is 2.33. The van der Waals surface area contributed by atoms with Crippen LogP contribution in [0.3, 0.4) is 0 Å². The van der Waals surface area contributed by atoms with E-state index in [0.29, 0.717) is 24.3 Å². The fraction of sp³-hybridized carbons (Fsp3) is 0.500. The number of ether oxygens (including phenoxy) is 1. The Kier molecular flexibility index (Phi) is 9.41. The third-order valence-corrected chi connectivity index (χ3v) is 2.87. The van der Waals surface area contributed by atoms with Gasteiger partial charge >= 0.3 is 6.16 Å². The highest BCUT2D eigenvalue weighted by molar-refractivity contribution is 5.97. The Hall–Kier alpha value is -2.24. The van der Waals surface area contributed by atoms with Gasteiger partial charge in [0.2, 0.25) is 0 Å². The van der Waals surface area contributed by atoms with E-state index in [1.807, 2.05) is 6.92 Å². The van der Waals surface area contributed by atoms with Crippen molar-refractivity contribution in [1.82, 2.24) is 0 Å². The first-order valence-electron chi connectivity index (χ1n) is 7.25. The van der Waals surface area contributed by atoms with Gasteiger partial charge in [-0.25, -0.2) is 4.79 Å². The average Bonchev–Trinajstić information content (AvgIpc) is 2.41. The number of Topliss-reactive ketones (excluding diaryl/α,β-unsaturated/α-hetero) is 1. The molecule has 0 fully saturated rings. The van der Waals surface area contributed by atoms with Gasteiger partial charge in [-0.2, -0.15) is 0 Å². The van der Waals surface area contributed by atoms with Crippen LogP contribution in [0.25, 0.3) is 0 Å². The van der Waals surface area contributed by atoms with Crippen LogP contribution in [0.15, 0.2) is 12.1 Å². The number of phenols is 1. The third kappa shape index (κ3) is 6.97. The van der Waals surface area contributed by atoms with Crippen molar-refractivity contribution in [2.75, 3.05) is 6.61 Å². The number of hydrogen-bond donors (Lipinski definition) is 3. The molecule has 6 heteroatoms. The molecule has 0 spiro atoms. The van der Waals surface area contributed by atoms with E-state index in [-0.39, 0.29) is 11.5 Å². The summed E-state index contributed by atoms with van der Waals surface area (Å²) in [5.41, 5.74) is 1.13. The molecule has 6 nitrogen and oxygen atoms in total. The largest absolute Gasteiger partial charge is 0.507 e. The molecule has 0 aliphatic rings. The summed E-state index contributed by atoms with van der Waals surface area (Å²) in [6.07, 6.45) is 1.84. The van der Waals surface area contributed by atoms with E-state index in [9.17, 15) is 9.90 Å². The zero-order chi connectivity index (χ0) is 17.1. The van der Waals surface area contributed by atoms with E-state index in [1.165, 1.54) is 6.92 Å². The van der Waals surface area contributed by atoms with E-state index in [0.717, 1.165) is 24.8 Å². The minimum absolute atomic E-state index is 0.0818. The molecule has 3 N–H and O–H groups in total. The van der Waals surface area contributed by atoms with Crippen molar-refractivity contribution >= 4 is 11.9 Å². The van der Waals surface area contributed by atoms with Gasteiger partial charge in [0.15, 0.2) is 5.78 Å². The minimum Gasteiger partial charge on any atom is -0.507 e. The fourth-order valence-corrected chi connectivity index (χ4v) is 1.86. The first-order valence-corrected chi connectivity index (χ1v) is 7.25. The number of carbonyl (C=O) groups is 2. The predicted octanol–water partition coefficient (Wildman–Crippen LogP) is 3.95. The standard InChI is InChI=1S/C15H22O3.CH2O3/c1-4-6-10-18-14-9-8-12(11(3)16)15(17)13(14)7-5-2;2-1(3)4/h8-9,17H,4-7,10H2,1-3H3;(H2,2,3,4). The topological polar surface area (TPSA) is 104 Å². The summed E-state index contributed by atoms with van der Waals surface area (Å²) in [6.45, 7) is 6.25. The van der Waals surface area contributed by atoms with Gasteiger partial charge in [-0.3, -0.25) is 4.79 Å². The smallest absolute Gasteiger partial charge is 0.503 e. The van der Waals surface area contributed by atoms with E-state index in [2.05, 4.69) is 6.92 Å². The molecule has 1 rings (SSSR count). The molecule has 0 amide bonds. The van der Waals surface area contributed by atoms with Crippen molar-refractivity contribution < 1.29 is 29.6 Å². The van der Waals surface area contributed by atoms with Gasteiger partial charge in [0.25, 0.3) is 0 Å². The summed E-state index contributed by atoms with van der Waals surface area (Å²) in [5.74, 6) is 0.663. The van der Waals surface area contributed by atoms with Crippen LogP contribution in [0.2, 0.25) is 0 Å². The van der Waals surface area contributed by atoms with E-state index in [1.54, 1.807) is 12.1 Å². The number of carboxylic acid groups (broad SMARTS) is 2. The second-order valence-electron chi connectivity index (χ2n) is 4.73. The van der Waals surface area contributed by atoms with Crippen molar-refractivity contribution in [3.63, 3.8) is 0 Å². The Labute approximate surface area is 130 Å². The highest BCUT2D eigenvalue weighted by atomic mass is 16.6. The maximum atomic E-state index is 11.4. The molecular weight excluding hydrogens is 288 g/mol. The number of carbonyl (C=O) groups excluding carboxylic acids is 1.